The molecule has 22 heavy (non-hydrogen) atoms. The predicted octanol–water partition coefficient (Wildman–Crippen LogP) is 4.63. The highest BCUT2D eigenvalue weighted by Crippen LogP contribution is 2.61. The first-order valence-electron chi connectivity index (χ1n) is 9.18. The van der Waals surface area contributed by atoms with Crippen LogP contribution in [-0.2, 0) is 15.6 Å². The summed E-state index contributed by atoms with van der Waals surface area (Å²) in [5.74, 6) is 3.27. The van der Waals surface area contributed by atoms with Gasteiger partial charge in [-0.25, -0.2) is 0 Å². The second-order valence-corrected chi connectivity index (χ2v) is 9.14. The molecule has 1 aromatic carbocycles. The molecule has 0 N–H and O–H groups in total. The molecule has 116 valence electrons. The highest BCUT2D eigenvalue weighted by Gasteiger charge is 2.53. The van der Waals surface area contributed by atoms with Crippen molar-refractivity contribution in [3.8, 4) is 0 Å². The Morgan fingerprint density at radius 1 is 0.864 bits per heavy atom. The van der Waals surface area contributed by atoms with Crippen molar-refractivity contribution < 1.29 is 4.79 Å². The smallest absolute Gasteiger partial charge is 0.123 e. The summed E-state index contributed by atoms with van der Waals surface area (Å²) in [4.78, 5) is 11.1. The fourth-order valence-corrected chi connectivity index (χ4v) is 6.60. The van der Waals surface area contributed by atoms with Gasteiger partial charge in [0.15, 0.2) is 0 Å². The molecule has 4 bridgehead atoms. The molecular weight excluding hydrogens is 268 g/mol. The molecule has 0 spiro atoms. The van der Waals surface area contributed by atoms with E-state index in [2.05, 4.69) is 31.2 Å². The summed E-state index contributed by atoms with van der Waals surface area (Å²) >= 11 is 0. The van der Waals surface area contributed by atoms with Crippen LogP contribution in [0, 0.1) is 23.7 Å². The van der Waals surface area contributed by atoms with Crippen LogP contribution in [0.15, 0.2) is 24.3 Å². The van der Waals surface area contributed by atoms with Gasteiger partial charge in [0.2, 0.25) is 0 Å². The molecule has 5 fully saturated rings. The Kier molecular flexibility index (Phi) is 2.57. The van der Waals surface area contributed by atoms with Crippen LogP contribution in [0.2, 0.25) is 0 Å². The maximum Gasteiger partial charge on any atom is 0.123 e. The van der Waals surface area contributed by atoms with E-state index in [-0.39, 0.29) is 11.3 Å². The number of hydrogen-bond acceptors (Lipinski definition) is 1. The van der Waals surface area contributed by atoms with Crippen molar-refractivity contribution >= 4 is 6.29 Å². The summed E-state index contributed by atoms with van der Waals surface area (Å²) in [6, 6.07) is 9.48. The van der Waals surface area contributed by atoms with Crippen molar-refractivity contribution in [3.05, 3.63) is 35.4 Å². The monoisotopic (exact) mass is 294 g/mol. The van der Waals surface area contributed by atoms with Crippen LogP contribution < -0.4 is 0 Å². The van der Waals surface area contributed by atoms with Crippen molar-refractivity contribution in [1.29, 1.82) is 0 Å². The Morgan fingerprint density at radius 2 is 1.36 bits per heavy atom. The van der Waals surface area contributed by atoms with E-state index in [0.717, 1.165) is 30.5 Å². The molecule has 5 aliphatic rings. The van der Waals surface area contributed by atoms with E-state index in [0.29, 0.717) is 5.41 Å². The van der Waals surface area contributed by atoms with Gasteiger partial charge >= 0.3 is 0 Å². The second kappa shape index (κ2) is 4.24. The Bertz CT molecular complexity index is 578. The Hall–Kier alpha value is -1.11. The van der Waals surface area contributed by atoms with E-state index >= 15 is 0 Å². The summed E-state index contributed by atoms with van der Waals surface area (Å²) in [5.41, 5.74) is 3.60. The van der Waals surface area contributed by atoms with Gasteiger partial charge in [0.25, 0.3) is 0 Å². The summed E-state index contributed by atoms with van der Waals surface area (Å²) < 4.78 is 0. The minimum atomic E-state index is 0.127. The van der Waals surface area contributed by atoms with Gasteiger partial charge in [-0.05, 0) is 79.2 Å². The first-order valence-corrected chi connectivity index (χ1v) is 9.18. The molecule has 5 saturated carbocycles. The van der Waals surface area contributed by atoms with Crippen molar-refractivity contribution in [3.63, 3.8) is 0 Å². The minimum absolute atomic E-state index is 0.127. The highest BCUT2D eigenvalue weighted by atomic mass is 16.1. The van der Waals surface area contributed by atoms with E-state index in [1.165, 1.54) is 44.1 Å². The fourth-order valence-electron chi connectivity index (χ4n) is 6.60. The van der Waals surface area contributed by atoms with E-state index < -0.39 is 0 Å². The molecule has 5 aliphatic carbocycles. The zero-order valence-corrected chi connectivity index (χ0v) is 13.6. The Balaban J connectivity index is 1.45. The fraction of sp³-hybridized carbons (Fsp3) is 0.667. The first kappa shape index (κ1) is 13.3. The lowest BCUT2D eigenvalue weighted by molar-refractivity contribution is -0.109. The lowest BCUT2D eigenvalue weighted by Crippen LogP contribution is -2.48. The maximum atomic E-state index is 11.1. The molecular formula is C21H26O. The van der Waals surface area contributed by atoms with Crippen LogP contribution in [-0.4, -0.2) is 6.29 Å². The molecule has 0 aromatic heterocycles. The molecule has 2 atom stereocenters. The Morgan fingerprint density at radius 3 is 1.82 bits per heavy atom. The van der Waals surface area contributed by atoms with E-state index in [1.807, 2.05) is 0 Å². The molecule has 0 saturated heterocycles. The molecule has 1 nitrogen and oxygen atoms in total. The van der Waals surface area contributed by atoms with E-state index in [9.17, 15) is 4.79 Å². The second-order valence-electron chi connectivity index (χ2n) is 9.14. The molecule has 0 radical (unpaired) electrons. The average molecular weight is 294 g/mol. The number of rotatable bonds is 3. The van der Waals surface area contributed by atoms with Gasteiger partial charge < -0.3 is 4.79 Å². The minimum Gasteiger partial charge on any atom is -0.303 e. The number of carbonyl (C=O) groups excluding carboxylic acids is 1. The largest absolute Gasteiger partial charge is 0.303 e. The third-order valence-corrected chi connectivity index (χ3v) is 7.66. The number of benzene rings is 1. The van der Waals surface area contributed by atoms with Gasteiger partial charge in [-0.15, -0.1) is 0 Å². The zero-order valence-electron chi connectivity index (χ0n) is 13.6. The molecule has 6 rings (SSSR count). The van der Waals surface area contributed by atoms with Gasteiger partial charge in [0, 0.05) is 11.3 Å². The molecule has 2 unspecified atom stereocenters. The Labute approximate surface area is 133 Å². The van der Waals surface area contributed by atoms with Crippen LogP contribution in [0.1, 0.15) is 63.0 Å². The number of aldehydes is 1. The summed E-state index contributed by atoms with van der Waals surface area (Å²) in [7, 11) is 0. The summed E-state index contributed by atoms with van der Waals surface area (Å²) in [5, 5.41) is 0. The third-order valence-electron chi connectivity index (χ3n) is 7.66. The van der Waals surface area contributed by atoms with Crippen LogP contribution in [0.5, 0.6) is 0 Å². The van der Waals surface area contributed by atoms with Crippen molar-refractivity contribution in [2.24, 2.45) is 23.7 Å². The van der Waals surface area contributed by atoms with Crippen LogP contribution in [0.25, 0.3) is 0 Å². The standard InChI is InChI=1S/C21H26O/c1-20(12-19(20)13-22)17-2-4-18(5-3-17)21-9-14-6-15(10-21)8-16(7-14)11-21/h2-5,13-16,19H,6-12H2,1H3. The SMILES string of the molecule is CC1(c2ccc(C34CC5CC(CC(C5)C3)C4)cc2)CC1C=O. The zero-order chi connectivity index (χ0) is 14.9. The lowest BCUT2D eigenvalue weighted by atomic mass is 9.48. The van der Waals surface area contributed by atoms with Gasteiger partial charge in [0.05, 0.1) is 0 Å². The number of hydrogen-bond donors (Lipinski definition) is 0. The molecule has 0 heterocycles. The summed E-state index contributed by atoms with van der Waals surface area (Å²) in [6.45, 7) is 2.24. The van der Waals surface area contributed by atoms with Gasteiger partial charge in [-0.3, -0.25) is 0 Å². The highest BCUT2D eigenvalue weighted by molar-refractivity contribution is 5.64. The van der Waals surface area contributed by atoms with Crippen molar-refractivity contribution in [2.75, 3.05) is 0 Å². The normalized spacial score (nSPS) is 48.4. The lowest BCUT2D eigenvalue weighted by Gasteiger charge is -2.57. The average Bonchev–Trinajstić information content (AvgIpc) is 3.18. The molecule has 0 aliphatic heterocycles. The van der Waals surface area contributed by atoms with E-state index in [4.69, 9.17) is 0 Å². The van der Waals surface area contributed by atoms with Crippen molar-refractivity contribution in [1.82, 2.24) is 0 Å². The first-order chi connectivity index (χ1) is 10.6. The number of carbonyl (C=O) groups is 1. The van der Waals surface area contributed by atoms with Gasteiger partial charge in [0.1, 0.15) is 6.29 Å². The van der Waals surface area contributed by atoms with Gasteiger partial charge in [-0.2, -0.15) is 0 Å². The maximum absolute atomic E-state index is 11.1. The van der Waals surface area contributed by atoms with Gasteiger partial charge in [-0.1, -0.05) is 31.2 Å². The quantitative estimate of drug-likeness (QED) is 0.743. The topological polar surface area (TPSA) is 17.1 Å². The molecule has 1 aromatic rings. The predicted molar refractivity (Wildman–Crippen MR) is 87.8 cm³/mol. The van der Waals surface area contributed by atoms with Crippen molar-refractivity contribution in [2.45, 2.75) is 62.7 Å². The van der Waals surface area contributed by atoms with Crippen LogP contribution >= 0.6 is 0 Å². The summed E-state index contributed by atoms with van der Waals surface area (Å²) in [6.07, 6.45) is 11.0. The molecule has 1 heteroatoms. The molecule has 0 amide bonds. The van der Waals surface area contributed by atoms with Crippen LogP contribution in [0.4, 0.5) is 0 Å². The van der Waals surface area contributed by atoms with Crippen LogP contribution in [0.3, 0.4) is 0 Å². The third kappa shape index (κ3) is 1.74. The van der Waals surface area contributed by atoms with E-state index in [1.54, 1.807) is 5.56 Å².